The predicted molar refractivity (Wildman–Crippen MR) is 56.8 cm³/mol. The van der Waals surface area contributed by atoms with E-state index in [1.165, 1.54) is 14.2 Å². The first-order valence-electron chi connectivity index (χ1n) is 5.40. The first-order valence-corrected chi connectivity index (χ1v) is 5.40. The largest absolute Gasteiger partial charge is 0.342 e. The number of nitrogens with one attached hydrogen (secondary N) is 1. The fraction of sp³-hybridized carbons (Fsp3) is 0.727. The molecular formula is C11H15N4O2+. The number of fused-ring (bicyclic) bond motifs is 1. The lowest BCUT2D eigenvalue weighted by Gasteiger charge is -2.26. The third-order valence-electron chi connectivity index (χ3n) is 4.16. The molecule has 0 unspecified atom stereocenters. The molecule has 0 amide bonds. The number of amidine groups is 1. The number of nitrogens with two attached hydrogens (primary N) is 1. The van der Waals surface area contributed by atoms with E-state index in [0.717, 1.165) is 0 Å². The summed E-state index contributed by atoms with van der Waals surface area (Å²) in [5.41, 5.74) is 3.81. The third-order valence-corrected chi connectivity index (χ3v) is 4.16. The molecule has 0 spiro atoms. The zero-order valence-corrected chi connectivity index (χ0v) is 10.1. The Hall–Kier alpha value is -1.63. The van der Waals surface area contributed by atoms with Crippen molar-refractivity contribution in [3.63, 3.8) is 0 Å². The molecule has 0 saturated heterocycles. The molecule has 3 N–H and O–H groups in total. The van der Waals surface area contributed by atoms with Gasteiger partial charge < -0.3 is 9.47 Å². The van der Waals surface area contributed by atoms with Gasteiger partial charge in [0.25, 0.3) is 5.84 Å². The van der Waals surface area contributed by atoms with E-state index in [9.17, 15) is 10.5 Å². The van der Waals surface area contributed by atoms with Gasteiger partial charge in [0.1, 0.15) is 0 Å². The third kappa shape index (κ3) is 0.833. The van der Waals surface area contributed by atoms with Crippen LogP contribution in [0.15, 0.2) is 0 Å². The molecule has 1 fully saturated rings. The SMILES string of the molecule is CC[C@H]1[C@]2(C#N)C(N)=[NH+]C(OC)(OC)[C@]12C#N. The highest BCUT2D eigenvalue weighted by Gasteiger charge is 2.95. The number of methoxy groups -OCH3 is 2. The number of hydrogen-bond acceptors (Lipinski definition) is 5. The highest BCUT2D eigenvalue weighted by Crippen LogP contribution is 2.75. The maximum Gasteiger partial charge on any atom is 0.342 e. The van der Waals surface area contributed by atoms with Crippen LogP contribution in [0.5, 0.6) is 0 Å². The maximum atomic E-state index is 9.51. The Balaban J connectivity index is 2.66. The zero-order chi connectivity index (χ0) is 12.9. The molecule has 1 saturated carbocycles. The average molecular weight is 235 g/mol. The van der Waals surface area contributed by atoms with Crippen LogP contribution in [0.2, 0.25) is 0 Å². The summed E-state index contributed by atoms with van der Waals surface area (Å²) >= 11 is 0. The summed E-state index contributed by atoms with van der Waals surface area (Å²) in [6, 6.07) is 4.37. The van der Waals surface area contributed by atoms with Gasteiger partial charge in [-0.3, -0.25) is 5.73 Å². The molecule has 2 rings (SSSR count). The van der Waals surface area contributed by atoms with E-state index in [1.807, 2.05) is 6.92 Å². The molecule has 6 heteroatoms. The van der Waals surface area contributed by atoms with E-state index in [2.05, 4.69) is 17.1 Å². The van der Waals surface area contributed by atoms with Crippen molar-refractivity contribution in [2.75, 3.05) is 14.2 Å². The summed E-state index contributed by atoms with van der Waals surface area (Å²) in [6.07, 6.45) is 0.665. The summed E-state index contributed by atoms with van der Waals surface area (Å²) < 4.78 is 10.6. The van der Waals surface area contributed by atoms with Gasteiger partial charge in [0.2, 0.25) is 0 Å². The lowest BCUT2D eigenvalue weighted by Crippen LogP contribution is -2.90. The summed E-state index contributed by atoms with van der Waals surface area (Å²) in [5, 5.41) is 18.9. The van der Waals surface area contributed by atoms with Crippen molar-refractivity contribution in [1.29, 1.82) is 10.5 Å². The van der Waals surface area contributed by atoms with Gasteiger partial charge in [-0.2, -0.15) is 10.5 Å². The van der Waals surface area contributed by atoms with Crippen LogP contribution in [0.25, 0.3) is 0 Å². The Morgan fingerprint density at radius 3 is 2.24 bits per heavy atom. The van der Waals surface area contributed by atoms with E-state index < -0.39 is 16.7 Å². The Morgan fingerprint density at radius 1 is 1.35 bits per heavy atom. The van der Waals surface area contributed by atoms with Crippen LogP contribution in [-0.2, 0) is 9.47 Å². The summed E-state index contributed by atoms with van der Waals surface area (Å²) in [4.78, 5) is 2.82. The fourth-order valence-electron chi connectivity index (χ4n) is 3.40. The zero-order valence-electron chi connectivity index (χ0n) is 10.1. The van der Waals surface area contributed by atoms with Gasteiger partial charge >= 0.3 is 5.91 Å². The average Bonchev–Trinajstić information content (AvgIpc) is 2.92. The molecule has 90 valence electrons. The second-order valence-electron chi connectivity index (χ2n) is 4.36. The van der Waals surface area contributed by atoms with E-state index in [4.69, 9.17) is 15.2 Å². The van der Waals surface area contributed by atoms with Crippen molar-refractivity contribution in [2.24, 2.45) is 22.5 Å². The van der Waals surface area contributed by atoms with Crippen LogP contribution >= 0.6 is 0 Å². The molecule has 0 aromatic rings. The highest BCUT2D eigenvalue weighted by atomic mass is 16.7. The molecule has 17 heavy (non-hydrogen) atoms. The van der Waals surface area contributed by atoms with Gasteiger partial charge in [-0.1, -0.05) is 6.92 Å². The van der Waals surface area contributed by atoms with Crippen molar-refractivity contribution in [3.05, 3.63) is 0 Å². The minimum atomic E-state index is -1.33. The lowest BCUT2D eigenvalue weighted by molar-refractivity contribution is -0.688. The standard InChI is InChI=1S/C11H14N4O2/c1-4-7-9(5-12)8(14)15-11(16-2,17-3)10(7,9)6-13/h7H,4H2,1-3H3,(H2,14,15)/p+1/t7-,9+,10+/m0/s1. The Kier molecular flexibility index (Phi) is 2.22. The predicted octanol–water partition coefficient (Wildman–Crippen LogP) is -1.56. The van der Waals surface area contributed by atoms with Crippen LogP contribution < -0.4 is 10.7 Å². The quantitative estimate of drug-likeness (QED) is 0.576. The van der Waals surface area contributed by atoms with Crippen molar-refractivity contribution in [3.8, 4) is 12.1 Å². The van der Waals surface area contributed by atoms with Crippen LogP contribution in [0.3, 0.4) is 0 Å². The van der Waals surface area contributed by atoms with Gasteiger partial charge in [0, 0.05) is 20.1 Å². The van der Waals surface area contributed by atoms with E-state index in [1.54, 1.807) is 0 Å². The molecule has 0 radical (unpaired) electrons. The Bertz CT molecular complexity index is 471. The molecule has 0 bridgehead atoms. The number of nitriles is 2. The molecular weight excluding hydrogens is 220 g/mol. The van der Waals surface area contributed by atoms with Gasteiger partial charge in [0.15, 0.2) is 10.8 Å². The van der Waals surface area contributed by atoms with Gasteiger partial charge in [-0.15, -0.1) is 0 Å². The van der Waals surface area contributed by atoms with Crippen LogP contribution in [-0.4, -0.2) is 26.0 Å². The fourth-order valence-corrected chi connectivity index (χ4v) is 3.40. The van der Waals surface area contributed by atoms with Gasteiger partial charge in [-0.25, -0.2) is 4.99 Å². The monoisotopic (exact) mass is 235 g/mol. The Morgan fingerprint density at radius 2 is 1.94 bits per heavy atom. The molecule has 0 aromatic heterocycles. The first-order chi connectivity index (χ1) is 8.06. The minimum absolute atomic E-state index is 0.175. The summed E-state index contributed by atoms with van der Waals surface area (Å²) in [5.74, 6) is -1.24. The molecule has 2 aliphatic rings. The maximum absolute atomic E-state index is 9.51. The molecule has 0 aromatic carbocycles. The summed E-state index contributed by atoms with van der Waals surface area (Å²) in [6.45, 7) is 1.92. The molecule has 3 atom stereocenters. The first kappa shape index (κ1) is 11.8. The van der Waals surface area contributed by atoms with Crippen LogP contribution in [0, 0.1) is 39.4 Å². The lowest BCUT2D eigenvalue weighted by atomic mass is 9.94. The number of nitrogens with zero attached hydrogens (tertiary/aromatic N) is 2. The molecule has 6 nitrogen and oxygen atoms in total. The topological polar surface area (TPSA) is 106 Å². The smallest absolute Gasteiger partial charge is 0.317 e. The van der Waals surface area contributed by atoms with Crippen molar-refractivity contribution < 1.29 is 14.5 Å². The second kappa shape index (κ2) is 3.19. The molecule has 1 aliphatic heterocycles. The van der Waals surface area contributed by atoms with Gasteiger partial charge in [0.05, 0.1) is 12.1 Å². The van der Waals surface area contributed by atoms with E-state index >= 15 is 0 Å². The highest BCUT2D eigenvalue weighted by molar-refractivity contribution is 5.93. The minimum Gasteiger partial charge on any atom is -0.317 e. The number of ether oxygens (including phenoxy) is 2. The number of hydrogen-bond donors (Lipinski definition) is 2. The van der Waals surface area contributed by atoms with Crippen LogP contribution in [0.4, 0.5) is 0 Å². The van der Waals surface area contributed by atoms with E-state index in [0.29, 0.717) is 6.42 Å². The van der Waals surface area contributed by atoms with Gasteiger partial charge in [-0.05, 0) is 6.42 Å². The van der Waals surface area contributed by atoms with Crippen molar-refractivity contribution in [2.45, 2.75) is 19.3 Å². The molecule has 1 aliphatic carbocycles. The Labute approximate surface area is 99.6 Å². The van der Waals surface area contributed by atoms with Crippen molar-refractivity contribution in [1.82, 2.24) is 0 Å². The normalized spacial score (nSPS) is 41.0. The van der Waals surface area contributed by atoms with E-state index in [-0.39, 0.29) is 11.8 Å². The second-order valence-corrected chi connectivity index (χ2v) is 4.36. The number of rotatable bonds is 3. The summed E-state index contributed by atoms with van der Waals surface area (Å²) in [7, 11) is 2.86. The molecule has 1 heterocycles. The van der Waals surface area contributed by atoms with Crippen LogP contribution in [0.1, 0.15) is 13.3 Å². The van der Waals surface area contributed by atoms with Crippen molar-refractivity contribution >= 4 is 5.84 Å².